The highest BCUT2D eigenvalue weighted by molar-refractivity contribution is 6.05. The number of aromatic nitrogens is 2. The first kappa shape index (κ1) is 34.0. The maximum Gasteiger partial charge on any atom is 0.261 e. The molecule has 2 aromatic heterocycles. The second-order valence-electron chi connectivity index (χ2n) is 12.9. The summed E-state index contributed by atoms with van der Waals surface area (Å²) in [5.74, 6) is -1.15. The van der Waals surface area contributed by atoms with Crippen LogP contribution in [-0.4, -0.2) is 66.8 Å². The van der Waals surface area contributed by atoms with Gasteiger partial charge in [0.25, 0.3) is 5.91 Å². The summed E-state index contributed by atoms with van der Waals surface area (Å²) in [5, 5.41) is 2.69. The number of likely N-dealkylation sites (tertiary alicyclic amines) is 1. The van der Waals surface area contributed by atoms with E-state index in [-0.39, 0.29) is 16.6 Å². The van der Waals surface area contributed by atoms with E-state index >= 15 is 0 Å². The molecule has 1 amide bonds. The standard InChI is InChI=1S/C37H45F2N5O3/c1-5-44(16-10-11-17-44)15-9-7-6-8-12-18-47-31-20-26(2)19-30(24-31)43-25-33(37(46)40-29-22-27(38)21-28(39)23-29)35(45)32-13-14-34(42(3)4)41-36(32)43/h13-14,19-25H,5-12,15-18H2,1-4H3/p+1. The van der Waals surface area contributed by atoms with Crippen molar-refractivity contribution < 1.29 is 22.8 Å². The average Bonchev–Trinajstić information content (AvgIpc) is 3.51. The molecule has 4 aromatic rings. The van der Waals surface area contributed by atoms with Crippen LogP contribution in [-0.2, 0) is 0 Å². The van der Waals surface area contributed by atoms with E-state index in [1.165, 1.54) is 69.0 Å². The number of quaternary nitrogens is 1. The van der Waals surface area contributed by atoms with Gasteiger partial charge in [-0.2, -0.15) is 0 Å². The van der Waals surface area contributed by atoms with E-state index in [0.29, 0.717) is 35.6 Å². The van der Waals surface area contributed by atoms with E-state index in [0.717, 1.165) is 30.5 Å². The summed E-state index contributed by atoms with van der Waals surface area (Å²) in [5.41, 5.74) is 1.14. The minimum absolute atomic E-state index is 0.0938. The minimum atomic E-state index is -0.840. The second kappa shape index (κ2) is 15.1. The molecule has 1 saturated heterocycles. The van der Waals surface area contributed by atoms with Gasteiger partial charge in [0.05, 0.1) is 43.9 Å². The number of nitrogens with one attached hydrogen (secondary N) is 1. The predicted octanol–water partition coefficient (Wildman–Crippen LogP) is 7.25. The number of halogens is 2. The van der Waals surface area contributed by atoms with Gasteiger partial charge in [-0.15, -0.1) is 0 Å². The monoisotopic (exact) mass is 646 g/mol. The molecule has 1 aliphatic rings. The molecular formula is C37H46F2N5O3+. The maximum absolute atomic E-state index is 13.8. The van der Waals surface area contributed by atoms with Crippen molar-refractivity contribution in [2.24, 2.45) is 0 Å². The number of pyridine rings is 2. The quantitative estimate of drug-likeness (QED) is 0.115. The van der Waals surface area contributed by atoms with Crippen LogP contribution in [0.15, 0.2) is 59.5 Å². The van der Waals surface area contributed by atoms with Crippen molar-refractivity contribution in [3.63, 3.8) is 0 Å². The average molecular weight is 647 g/mol. The number of carbonyl (C=O) groups excluding carboxylic acids is 1. The zero-order chi connectivity index (χ0) is 33.6. The van der Waals surface area contributed by atoms with Crippen molar-refractivity contribution in [2.45, 2.75) is 58.8 Å². The first-order valence-corrected chi connectivity index (χ1v) is 16.7. The van der Waals surface area contributed by atoms with Crippen molar-refractivity contribution in [3.8, 4) is 11.4 Å². The lowest BCUT2D eigenvalue weighted by atomic mass is 10.1. The molecule has 5 rings (SSSR count). The van der Waals surface area contributed by atoms with Crippen LogP contribution in [0.2, 0.25) is 0 Å². The van der Waals surface area contributed by atoms with E-state index in [1.807, 2.05) is 44.1 Å². The number of fused-ring (bicyclic) bond motifs is 1. The first-order chi connectivity index (χ1) is 22.6. The summed E-state index contributed by atoms with van der Waals surface area (Å²) in [6, 6.07) is 11.8. The Bertz CT molecular complexity index is 1760. The Balaban J connectivity index is 1.33. The SMILES string of the molecule is CC[N+]1(CCCCCCCOc2cc(C)cc(-n3cc(C(=O)Nc4cc(F)cc(F)c4)c(=O)c4ccc(N(C)C)nc43)c2)CCCC1. The van der Waals surface area contributed by atoms with Gasteiger partial charge in [0.15, 0.2) is 5.65 Å². The molecule has 10 heteroatoms. The van der Waals surface area contributed by atoms with Crippen LogP contribution in [0.3, 0.4) is 0 Å². The molecule has 0 bridgehead atoms. The Labute approximate surface area is 275 Å². The van der Waals surface area contributed by atoms with Crippen LogP contribution < -0.4 is 20.4 Å². The molecule has 2 aromatic carbocycles. The number of hydrogen-bond acceptors (Lipinski definition) is 5. The molecule has 250 valence electrons. The van der Waals surface area contributed by atoms with Crippen LogP contribution in [0.25, 0.3) is 16.7 Å². The lowest BCUT2D eigenvalue weighted by Crippen LogP contribution is -2.45. The van der Waals surface area contributed by atoms with E-state index in [1.54, 1.807) is 16.7 Å². The van der Waals surface area contributed by atoms with Crippen molar-refractivity contribution in [1.29, 1.82) is 0 Å². The lowest BCUT2D eigenvalue weighted by molar-refractivity contribution is -0.915. The number of rotatable bonds is 14. The highest BCUT2D eigenvalue weighted by Gasteiger charge is 2.29. The van der Waals surface area contributed by atoms with Gasteiger partial charge < -0.3 is 24.0 Å². The fourth-order valence-corrected chi connectivity index (χ4v) is 6.55. The number of anilines is 2. The maximum atomic E-state index is 13.8. The van der Waals surface area contributed by atoms with Gasteiger partial charge in [-0.1, -0.05) is 12.8 Å². The molecule has 0 atom stereocenters. The van der Waals surface area contributed by atoms with Crippen LogP contribution in [0, 0.1) is 18.6 Å². The third-order valence-corrected chi connectivity index (χ3v) is 9.20. The number of unbranched alkanes of at least 4 members (excludes halogenated alkanes) is 4. The largest absolute Gasteiger partial charge is 0.494 e. The molecule has 47 heavy (non-hydrogen) atoms. The van der Waals surface area contributed by atoms with Gasteiger partial charge in [0.1, 0.15) is 28.8 Å². The molecule has 0 unspecified atom stereocenters. The molecule has 0 aliphatic carbocycles. The van der Waals surface area contributed by atoms with Gasteiger partial charge in [-0.05, 0) is 75.1 Å². The van der Waals surface area contributed by atoms with Crippen molar-refractivity contribution >= 4 is 28.4 Å². The number of amides is 1. The highest BCUT2D eigenvalue weighted by Crippen LogP contribution is 2.26. The molecule has 0 saturated carbocycles. The van der Waals surface area contributed by atoms with Gasteiger partial charge in [0.2, 0.25) is 5.43 Å². The van der Waals surface area contributed by atoms with E-state index in [9.17, 15) is 18.4 Å². The second-order valence-corrected chi connectivity index (χ2v) is 12.9. The number of aryl methyl sites for hydroxylation is 1. The van der Waals surface area contributed by atoms with Crippen molar-refractivity contribution in [3.05, 3.63) is 87.7 Å². The topological polar surface area (TPSA) is 76.5 Å². The number of ether oxygens (including phenoxy) is 1. The fourth-order valence-electron chi connectivity index (χ4n) is 6.55. The van der Waals surface area contributed by atoms with Crippen LogP contribution in [0.5, 0.6) is 5.75 Å². The Morgan fingerprint density at radius 2 is 1.68 bits per heavy atom. The lowest BCUT2D eigenvalue weighted by Gasteiger charge is -2.33. The van der Waals surface area contributed by atoms with Gasteiger partial charge >= 0.3 is 0 Å². The molecule has 0 spiro atoms. The van der Waals surface area contributed by atoms with Crippen molar-refractivity contribution in [2.75, 3.05) is 57.1 Å². The van der Waals surface area contributed by atoms with Gasteiger partial charge in [-0.3, -0.25) is 9.59 Å². The summed E-state index contributed by atoms with van der Waals surface area (Å²) in [4.78, 5) is 33.5. The summed E-state index contributed by atoms with van der Waals surface area (Å²) in [6.07, 6.45) is 9.96. The molecule has 1 aliphatic heterocycles. The minimum Gasteiger partial charge on any atom is -0.494 e. The number of carbonyl (C=O) groups is 1. The third-order valence-electron chi connectivity index (χ3n) is 9.20. The fraction of sp³-hybridized carbons (Fsp3) is 0.432. The summed E-state index contributed by atoms with van der Waals surface area (Å²) < 4.78 is 36.8. The number of benzene rings is 2. The van der Waals surface area contributed by atoms with Crippen LogP contribution in [0.4, 0.5) is 20.3 Å². The van der Waals surface area contributed by atoms with Crippen molar-refractivity contribution in [1.82, 2.24) is 9.55 Å². The third kappa shape index (κ3) is 8.35. The molecule has 0 radical (unpaired) electrons. The Morgan fingerprint density at radius 3 is 2.38 bits per heavy atom. The summed E-state index contributed by atoms with van der Waals surface area (Å²) in [7, 11) is 3.71. The number of hydrogen-bond donors (Lipinski definition) is 1. The molecular weight excluding hydrogens is 600 g/mol. The zero-order valence-corrected chi connectivity index (χ0v) is 28.0. The number of nitrogens with zero attached hydrogens (tertiary/aromatic N) is 4. The smallest absolute Gasteiger partial charge is 0.261 e. The van der Waals surface area contributed by atoms with E-state index in [2.05, 4.69) is 12.2 Å². The first-order valence-electron chi connectivity index (χ1n) is 16.7. The van der Waals surface area contributed by atoms with E-state index < -0.39 is 23.0 Å². The molecule has 8 nitrogen and oxygen atoms in total. The van der Waals surface area contributed by atoms with Crippen LogP contribution >= 0.6 is 0 Å². The normalized spacial score (nSPS) is 14.0. The Morgan fingerprint density at radius 1 is 0.979 bits per heavy atom. The molecule has 1 N–H and O–H groups in total. The van der Waals surface area contributed by atoms with Crippen LogP contribution in [0.1, 0.15) is 67.8 Å². The summed E-state index contributed by atoms with van der Waals surface area (Å²) in [6.45, 7) is 10.1. The summed E-state index contributed by atoms with van der Waals surface area (Å²) >= 11 is 0. The molecule has 1 fully saturated rings. The Hall–Kier alpha value is -4.31. The predicted molar refractivity (Wildman–Crippen MR) is 184 cm³/mol. The zero-order valence-electron chi connectivity index (χ0n) is 28.0. The van der Waals surface area contributed by atoms with E-state index in [4.69, 9.17) is 9.72 Å². The van der Waals surface area contributed by atoms with Gasteiger partial charge in [0, 0.05) is 51.0 Å². The molecule has 3 heterocycles. The Kier molecular flexibility index (Phi) is 10.9. The highest BCUT2D eigenvalue weighted by atomic mass is 19.1. The van der Waals surface area contributed by atoms with Gasteiger partial charge in [-0.25, -0.2) is 13.8 Å².